The first kappa shape index (κ1) is 16.6. The summed E-state index contributed by atoms with van der Waals surface area (Å²) in [4.78, 5) is 25.7. The SMILES string of the molecule is Cc1ccc2c(c1)OC(=O)CN2CC(=O)Nc1cccc(Cl)c1Cl. The van der Waals surface area contributed by atoms with Crippen molar-refractivity contribution in [2.45, 2.75) is 6.92 Å². The Labute approximate surface area is 149 Å². The molecule has 0 aromatic heterocycles. The molecule has 1 heterocycles. The fourth-order valence-corrected chi connectivity index (χ4v) is 2.81. The summed E-state index contributed by atoms with van der Waals surface area (Å²) in [6.45, 7) is 1.90. The summed E-state index contributed by atoms with van der Waals surface area (Å²) < 4.78 is 5.23. The fraction of sp³-hybridized carbons (Fsp3) is 0.176. The van der Waals surface area contributed by atoms with Crippen LogP contribution in [0.4, 0.5) is 11.4 Å². The maximum atomic E-state index is 12.3. The molecule has 2 aromatic rings. The molecule has 24 heavy (non-hydrogen) atoms. The van der Waals surface area contributed by atoms with Gasteiger partial charge >= 0.3 is 5.97 Å². The third kappa shape index (κ3) is 3.47. The zero-order valence-electron chi connectivity index (χ0n) is 12.8. The van der Waals surface area contributed by atoms with E-state index in [1.165, 1.54) is 0 Å². The number of carbonyl (C=O) groups excluding carboxylic acids is 2. The molecule has 0 bridgehead atoms. The molecule has 1 amide bonds. The largest absolute Gasteiger partial charge is 0.423 e. The smallest absolute Gasteiger partial charge is 0.331 e. The van der Waals surface area contributed by atoms with Crippen LogP contribution in [0, 0.1) is 6.92 Å². The lowest BCUT2D eigenvalue weighted by Gasteiger charge is -2.29. The van der Waals surface area contributed by atoms with E-state index >= 15 is 0 Å². The average Bonchev–Trinajstić information content (AvgIpc) is 2.51. The minimum absolute atomic E-state index is 0.00595. The summed E-state index contributed by atoms with van der Waals surface area (Å²) >= 11 is 12.0. The van der Waals surface area contributed by atoms with E-state index in [1.807, 2.05) is 19.1 Å². The number of anilines is 2. The number of amides is 1. The minimum atomic E-state index is -0.401. The van der Waals surface area contributed by atoms with E-state index in [2.05, 4.69) is 5.32 Å². The Bertz CT molecular complexity index is 823. The molecule has 2 aromatic carbocycles. The lowest BCUT2D eigenvalue weighted by Crippen LogP contribution is -2.41. The highest BCUT2D eigenvalue weighted by Gasteiger charge is 2.25. The van der Waals surface area contributed by atoms with Gasteiger partial charge in [0.05, 0.1) is 28.0 Å². The summed E-state index contributed by atoms with van der Waals surface area (Å²) in [7, 11) is 0. The zero-order chi connectivity index (χ0) is 17.3. The normalized spacial score (nSPS) is 13.3. The van der Waals surface area contributed by atoms with Crippen molar-refractivity contribution < 1.29 is 14.3 Å². The van der Waals surface area contributed by atoms with Gasteiger partial charge in [-0.15, -0.1) is 0 Å². The maximum Gasteiger partial charge on any atom is 0.331 e. The quantitative estimate of drug-likeness (QED) is 0.666. The molecule has 124 valence electrons. The topological polar surface area (TPSA) is 58.6 Å². The second-order valence-electron chi connectivity index (χ2n) is 5.45. The molecule has 7 heteroatoms. The van der Waals surface area contributed by atoms with E-state index in [0.29, 0.717) is 22.1 Å². The van der Waals surface area contributed by atoms with Crippen LogP contribution in [0.5, 0.6) is 5.75 Å². The molecule has 1 aliphatic heterocycles. The van der Waals surface area contributed by atoms with Gasteiger partial charge in [0, 0.05) is 0 Å². The van der Waals surface area contributed by atoms with Crippen molar-refractivity contribution in [3.05, 3.63) is 52.0 Å². The standard InChI is InChI=1S/C17H14Cl2N2O3/c1-10-5-6-13-14(7-10)24-16(23)9-21(13)8-15(22)20-12-4-2-3-11(18)17(12)19/h2-7H,8-9H2,1H3,(H,20,22). The van der Waals surface area contributed by atoms with E-state index in [4.69, 9.17) is 27.9 Å². The van der Waals surface area contributed by atoms with Crippen LogP contribution in [0.15, 0.2) is 36.4 Å². The van der Waals surface area contributed by atoms with Crippen molar-refractivity contribution in [2.24, 2.45) is 0 Å². The molecule has 0 atom stereocenters. The first-order valence-electron chi connectivity index (χ1n) is 7.24. The number of hydrogen-bond donors (Lipinski definition) is 1. The molecule has 0 spiro atoms. The van der Waals surface area contributed by atoms with Gasteiger partial charge in [0.25, 0.3) is 0 Å². The van der Waals surface area contributed by atoms with E-state index < -0.39 is 5.97 Å². The van der Waals surface area contributed by atoms with Crippen LogP contribution in [-0.2, 0) is 9.59 Å². The summed E-state index contributed by atoms with van der Waals surface area (Å²) in [5.41, 5.74) is 2.10. The van der Waals surface area contributed by atoms with Crippen LogP contribution >= 0.6 is 23.2 Å². The van der Waals surface area contributed by atoms with Crippen molar-refractivity contribution in [1.82, 2.24) is 0 Å². The third-order valence-corrected chi connectivity index (χ3v) is 4.38. The van der Waals surface area contributed by atoms with E-state index in [9.17, 15) is 9.59 Å². The van der Waals surface area contributed by atoms with E-state index in [0.717, 1.165) is 5.56 Å². The van der Waals surface area contributed by atoms with Gasteiger partial charge in [-0.1, -0.05) is 35.3 Å². The first-order valence-corrected chi connectivity index (χ1v) is 8.00. The number of esters is 1. The molecule has 0 saturated carbocycles. The molecule has 0 unspecified atom stereocenters. The van der Waals surface area contributed by atoms with Crippen molar-refractivity contribution in [1.29, 1.82) is 0 Å². The molecular weight excluding hydrogens is 351 g/mol. The van der Waals surface area contributed by atoms with E-state index in [-0.39, 0.29) is 24.0 Å². The Kier molecular flexibility index (Phi) is 4.64. The summed E-state index contributed by atoms with van der Waals surface area (Å²) in [6.07, 6.45) is 0. The number of nitrogens with zero attached hydrogens (tertiary/aromatic N) is 1. The number of fused-ring (bicyclic) bond motifs is 1. The number of ether oxygens (including phenoxy) is 1. The lowest BCUT2D eigenvalue weighted by molar-refractivity contribution is -0.133. The van der Waals surface area contributed by atoms with Crippen LogP contribution in [0.1, 0.15) is 5.56 Å². The van der Waals surface area contributed by atoms with Gasteiger partial charge in [0.2, 0.25) is 5.91 Å². The predicted molar refractivity (Wildman–Crippen MR) is 94.1 cm³/mol. The molecule has 1 N–H and O–H groups in total. The zero-order valence-corrected chi connectivity index (χ0v) is 14.3. The Morgan fingerprint density at radius 2 is 2.08 bits per heavy atom. The Hall–Kier alpha value is -2.24. The Morgan fingerprint density at radius 1 is 1.29 bits per heavy atom. The highest BCUT2D eigenvalue weighted by molar-refractivity contribution is 6.44. The second-order valence-corrected chi connectivity index (χ2v) is 6.24. The van der Waals surface area contributed by atoms with Crippen LogP contribution in [0.25, 0.3) is 0 Å². The number of aryl methyl sites for hydroxylation is 1. The third-order valence-electron chi connectivity index (χ3n) is 3.56. The van der Waals surface area contributed by atoms with Gasteiger partial charge in [-0.3, -0.25) is 4.79 Å². The number of carbonyl (C=O) groups is 2. The molecule has 0 fully saturated rings. The number of halogens is 2. The molecule has 0 saturated heterocycles. The summed E-state index contributed by atoms with van der Waals surface area (Å²) in [6, 6.07) is 10.5. The van der Waals surface area contributed by atoms with Crippen LogP contribution in [-0.4, -0.2) is 25.0 Å². The number of nitrogens with one attached hydrogen (secondary N) is 1. The molecule has 0 aliphatic carbocycles. The van der Waals surface area contributed by atoms with Crippen molar-refractivity contribution in [2.75, 3.05) is 23.3 Å². The highest BCUT2D eigenvalue weighted by atomic mass is 35.5. The van der Waals surface area contributed by atoms with Gasteiger partial charge < -0.3 is 15.0 Å². The molecular formula is C17H14Cl2N2O3. The minimum Gasteiger partial charge on any atom is -0.423 e. The van der Waals surface area contributed by atoms with Gasteiger partial charge in [-0.05, 0) is 36.8 Å². The average molecular weight is 365 g/mol. The molecule has 0 radical (unpaired) electrons. The van der Waals surface area contributed by atoms with Crippen molar-refractivity contribution >= 4 is 46.5 Å². The summed E-state index contributed by atoms with van der Waals surface area (Å²) in [5.74, 6) is -0.248. The van der Waals surface area contributed by atoms with Gasteiger partial charge in [-0.25, -0.2) is 4.79 Å². The first-order chi connectivity index (χ1) is 11.4. The lowest BCUT2D eigenvalue weighted by atomic mass is 10.1. The molecule has 3 rings (SSSR count). The van der Waals surface area contributed by atoms with Crippen molar-refractivity contribution in [3.8, 4) is 5.75 Å². The molecule has 5 nitrogen and oxygen atoms in total. The Morgan fingerprint density at radius 3 is 2.88 bits per heavy atom. The number of rotatable bonds is 3. The Balaban J connectivity index is 1.77. The van der Waals surface area contributed by atoms with Crippen LogP contribution < -0.4 is 15.0 Å². The van der Waals surface area contributed by atoms with Gasteiger partial charge in [0.15, 0.2) is 5.75 Å². The maximum absolute atomic E-state index is 12.3. The predicted octanol–water partition coefficient (Wildman–Crippen LogP) is 3.67. The molecule has 1 aliphatic rings. The highest BCUT2D eigenvalue weighted by Crippen LogP contribution is 2.33. The summed E-state index contributed by atoms with van der Waals surface area (Å²) in [5, 5.41) is 3.34. The monoisotopic (exact) mass is 364 g/mol. The van der Waals surface area contributed by atoms with Crippen LogP contribution in [0.3, 0.4) is 0 Å². The van der Waals surface area contributed by atoms with Gasteiger partial charge in [-0.2, -0.15) is 0 Å². The van der Waals surface area contributed by atoms with Gasteiger partial charge in [0.1, 0.15) is 6.54 Å². The number of benzene rings is 2. The number of hydrogen-bond acceptors (Lipinski definition) is 4. The van der Waals surface area contributed by atoms with Crippen LogP contribution in [0.2, 0.25) is 10.0 Å². The fourth-order valence-electron chi connectivity index (χ4n) is 2.46. The second kappa shape index (κ2) is 6.71. The van der Waals surface area contributed by atoms with Crippen molar-refractivity contribution in [3.63, 3.8) is 0 Å². The van der Waals surface area contributed by atoms with E-state index in [1.54, 1.807) is 29.2 Å².